The van der Waals surface area contributed by atoms with E-state index in [1.165, 1.54) is 0 Å². The van der Waals surface area contributed by atoms with Crippen LogP contribution in [0.3, 0.4) is 0 Å². The molecule has 0 radical (unpaired) electrons. The van der Waals surface area contributed by atoms with Gasteiger partial charge in [0, 0.05) is 33.4 Å². The van der Waals surface area contributed by atoms with Crippen molar-refractivity contribution in [2.75, 3.05) is 0 Å². The fourth-order valence-corrected chi connectivity index (χ4v) is 5.39. The second kappa shape index (κ2) is 9.49. The number of hydrogen-bond acceptors (Lipinski definition) is 5. The van der Waals surface area contributed by atoms with E-state index in [-0.39, 0.29) is 27.3 Å². The molecule has 0 aliphatic carbocycles. The van der Waals surface area contributed by atoms with E-state index in [1.807, 2.05) is 59.2 Å². The van der Waals surface area contributed by atoms with E-state index in [0.717, 1.165) is 38.0 Å². The largest absolute Gasteiger partial charge is 2.00 e. The molecule has 0 saturated heterocycles. The number of aromatic nitrogens is 3. The Morgan fingerprint density at radius 1 is 0.778 bits per heavy atom. The minimum Gasteiger partial charge on any atom is -0.547 e. The first-order valence-corrected chi connectivity index (χ1v) is 12.1. The Labute approximate surface area is 226 Å². The van der Waals surface area contributed by atoms with Gasteiger partial charge in [-0.05, 0) is 36.1 Å². The average Bonchev–Trinajstić information content (AvgIpc) is 3.49. The van der Waals surface area contributed by atoms with Crippen LogP contribution >= 0.6 is 11.6 Å². The van der Waals surface area contributed by atoms with Crippen LogP contribution in [0.15, 0.2) is 102 Å². The topological polar surface area (TPSA) is 49.2 Å². The summed E-state index contributed by atoms with van der Waals surface area (Å²) in [5.41, 5.74) is 2.77. The van der Waals surface area contributed by atoms with E-state index in [1.54, 1.807) is 30.1 Å². The van der Waals surface area contributed by atoms with Crippen LogP contribution in [0.1, 0.15) is 0 Å². The monoisotopic (exact) mass is 664 g/mol. The molecule has 174 valence electrons. The molecule has 0 saturated carbocycles. The molecular weight excluding hydrogens is 648 g/mol. The zero-order valence-corrected chi connectivity index (χ0v) is 21.8. The minimum absolute atomic E-state index is 0. The Kier molecular flexibility index (Phi) is 6.04. The van der Waals surface area contributed by atoms with Crippen molar-refractivity contribution in [2.45, 2.75) is 4.90 Å². The molecule has 6 aromatic rings. The summed E-state index contributed by atoms with van der Waals surface area (Å²) in [5, 5.41) is 2.19. The Balaban J connectivity index is 0.00000240. The van der Waals surface area contributed by atoms with Gasteiger partial charge in [-0.25, -0.2) is 4.98 Å². The van der Waals surface area contributed by atoms with Crippen LogP contribution in [-0.4, -0.2) is 20.7 Å². The van der Waals surface area contributed by atoms with Crippen molar-refractivity contribution in [3.05, 3.63) is 109 Å². The third-order valence-electron chi connectivity index (χ3n) is 5.89. The SMILES string of the molecule is [Pt+2].[c-]1c(Oc2[c-]c(-n3c4ccccc4c4cccnc43)ncc2)cccc1B1Oc2ccccc2S1. The van der Waals surface area contributed by atoms with E-state index in [9.17, 15) is 0 Å². The molecule has 1 aliphatic heterocycles. The molecule has 8 heteroatoms. The molecule has 3 aromatic heterocycles. The molecule has 5 nitrogen and oxygen atoms in total. The molecule has 0 bridgehead atoms. The third-order valence-corrected chi connectivity index (χ3v) is 7.04. The summed E-state index contributed by atoms with van der Waals surface area (Å²) >= 11 is 1.67. The molecule has 3 aromatic carbocycles. The first-order valence-electron chi connectivity index (χ1n) is 11.2. The van der Waals surface area contributed by atoms with Crippen molar-refractivity contribution in [3.8, 4) is 23.1 Å². The van der Waals surface area contributed by atoms with Gasteiger partial charge in [0.2, 0.25) is 0 Å². The summed E-state index contributed by atoms with van der Waals surface area (Å²) in [4.78, 5) is 10.3. The van der Waals surface area contributed by atoms with Gasteiger partial charge >= 0.3 is 27.3 Å². The van der Waals surface area contributed by atoms with Crippen LogP contribution in [0.4, 0.5) is 0 Å². The Hall–Kier alpha value is -3.54. The Morgan fingerprint density at radius 2 is 1.61 bits per heavy atom. The number of para-hydroxylation sites is 2. The standard InChI is InChI=1S/C28H16BN3O2S.Pt/c1-2-11-24-22(9-1)23-10-6-15-31-28(23)32(24)27-18-21(14-16-30-27)33-20-8-5-7-19(17-20)29-34-25-12-3-4-13-26(25)35-29;/h1-16H;/q-2;+2. The van der Waals surface area contributed by atoms with Gasteiger partial charge in [-0.2, -0.15) is 24.3 Å². The minimum atomic E-state index is -0.156. The number of nitrogens with zero attached hydrogens (tertiary/aromatic N) is 3. The molecule has 7 rings (SSSR count). The number of hydrogen-bond donors (Lipinski definition) is 0. The molecule has 0 fully saturated rings. The fourth-order valence-electron chi connectivity index (χ4n) is 4.35. The van der Waals surface area contributed by atoms with Crippen molar-refractivity contribution in [3.63, 3.8) is 0 Å². The summed E-state index contributed by atoms with van der Waals surface area (Å²) in [6.45, 7) is 0. The van der Waals surface area contributed by atoms with Crippen molar-refractivity contribution in [1.29, 1.82) is 0 Å². The van der Waals surface area contributed by atoms with E-state index < -0.39 is 0 Å². The second-order valence-electron chi connectivity index (χ2n) is 8.07. The molecule has 4 heterocycles. The normalized spacial score (nSPS) is 12.3. The molecule has 0 atom stereocenters. The van der Waals surface area contributed by atoms with Gasteiger partial charge in [0.05, 0.1) is 5.52 Å². The first-order chi connectivity index (χ1) is 17.3. The molecule has 0 unspecified atom stereocenters. The van der Waals surface area contributed by atoms with Crippen molar-refractivity contribution >= 4 is 45.2 Å². The fraction of sp³-hybridized carbons (Fsp3) is 0. The van der Waals surface area contributed by atoms with Crippen LogP contribution in [0, 0.1) is 12.1 Å². The van der Waals surface area contributed by atoms with Crippen LogP contribution in [0.5, 0.6) is 17.2 Å². The van der Waals surface area contributed by atoms with Crippen molar-refractivity contribution < 1.29 is 30.5 Å². The molecular formula is C28H16BN3O2PtS. The van der Waals surface area contributed by atoms with Crippen molar-refractivity contribution in [2.24, 2.45) is 0 Å². The summed E-state index contributed by atoms with van der Waals surface area (Å²) in [6, 6.07) is 34.6. The maximum absolute atomic E-state index is 6.17. The van der Waals surface area contributed by atoms with E-state index in [0.29, 0.717) is 17.3 Å². The summed E-state index contributed by atoms with van der Waals surface area (Å²) in [6.07, 6.45) is 3.36. The van der Waals surface area contributed by atoms with Gasteiger partial charge < -0.3 is 9.39 Å². The number of pyridine rings is 2. The molecule has 0 amide bonds. The van der Waals surface area contributed by atoms with Gasteiger partial charge in [-0.3, -0.25) is 9.55 Å². The molecule has 0 spiro atoms. The van der Waals surface area contributed by atoms with Gasteiger partial charge in [-0.1, -0.05) is 36.5 Å². The van der Waals surface area contributed by atoms with Crippen LogP contribution in [0.2, 0.25) is 0 Å². The van der Waals surface area contributed by atoms with Crippen molar-refractivity contribution in [1.82, 2.24) is 14.5 Å². The third kappa shape index (κ3) is 3.98. The quantitative estimate of drug-likeness (QED) is 0.175. The maximum atomic E-state index is 6.17. The number of benzene rings is 3. The summed E-state index contributed by atoms with van der Waals surface area (Å²) in [5.74, 6) is 2.66. The van der Waals surface area contributed by atoms with Gasteiger partial charge in [0.25, 0.3) is 0 Å². The predicted octanol–water partition coefficient (Wildman–Crippen LogP) is 5.84. The van der Waals surface area contributed by atoms with Gasteiger partial charge in [-0.15, -0.1) is 29.2 Å². The van der Waals surface area contributed by atoms with Gasteiger partial charge in [0.1, 0.15) is 11.4 Å². The number of ether oxygens (including phenoxy) is 1. The number of rotatable bonds is 4. The predicted molar refractivity (Wildman–Crippen MR) is 139 cm³/mol. The first kappa shape index (κ1) is 22.9. The summed E-state index contributed by atoms with van der Waals surface area (Å²) < 4.78 is 14.3. The number of fused-ring (bicyclic) bond motifs is 4. The van der Waals surface area contributed by atoms with Crippen LogP contribution in [-0.2, 0) is 21.1 Å². The van der Waals surface area contributed by atoms with E-state index in [2.05, 4.69) is 46.4 Å². The zero-order chi connectivity index (χ0) is 23.2. The molecule has 0 N–H and O–H groups in total. The summed E-state index contributed by atoms with van der Waals surface area (Å²) in [7, 11) is 0. The Morgan fingerprint density at radius 3 is 2.56 bits per heavy atom. The van der Waals surface area contributed by atoms with E-state index in [4.69, 9.17) is 9.39 Å². The zero-order valence-electron chi connectivity index (χ0n) is 18.7. The van der Waals surface area contributed by atoms with E-state index >= 15 is 0 Å². The maximum Gasteiger partial charge on any atom is 2.00 e. The second-order valence-corrected chi connectivity index (χ2v) is 9.18. The molecule has 1 aliphatic rings. The Bertz CT molecular complexity index is 1650. The smallest absolute Gasteiger partial charge is 0.547 e. The van der Waals surface area contributed by atoms with Crippen LogP contribution < -0.4 is 14.9 Å². The average molecular weight is 664 g/mol. The van der Waals surface area contributed by atoms with Gasteiger partial charge in [0.15, 0.2) is 0 Å². The van der Waals surface area contributed by atoms with Crippen LogP contribution in [0.25, 0.3) is 27.8 Å². The molecule has 36 heavy (non-hydrogen) atoms.